The Morgan fingerprint density at radius 1 is 1.17 bits per heavy atom. The number of rotatable bonds is 9. The Morgan fingerprint density at radius 2 is 1.92 bits per heavy atom. The van der Waals surface area contributed by atoms with Crippen molar-refractivity contribution < 1.29 is 33.3 Å². The third-order valence-corrected chi connectivity index (χ3v) is 7.75. The number of hydrogen-bond donors (Lipinski definition) is 3. The topological polar surface area (TPSA) is 129 Å². The Kier molecular flexibility index (Phi) is 8.05. The van der Waals surface area contributed by atoms with Crippen LogP contribution in [0.5, 0.6) is 0 Å². The SMILES string of the molecule is C[C@@H]1CCC[N+]1(C(=O)NCNC(=O)c1cc2ccccc2o1)C(=O)[C@H](CC1CCCC1)CN(O)C=O. The average Bonchev–Trinajstić information content (AvgIpc) is 3.63. The van der Waals surface area contributed by atoms with E-state index in [0.29, 0.717) is 48.8 Å². The molecule has 1 saturated heterocycles. The van der Waals surface area contributed by atoms with Crippen molar-refractivity contribution in [2.45, 2.75) is 57.9 Å². The van der Waals surface area contributed by atoms with Gasteiger partial charge in [-0.05, 0) is 31.4 Å². The first-order valence-corrected chi connectivity index (χ1v) is 12.7. The van der Waals surface area contributed by atoms with Gasteiger partial charge in [0.05, 0.1) is 25.7 Å². The molecule has 1 aromatic carbocycles. The molecule has 36 heavy (non-hydrogen) atoms. The fourth-order valence-corrected chi connectivity index (χ4v) is 5.82. The summed E-state index contributed by atoms with van der Waals surface area (Å²) in [5, 5.41) is 16.5. The molecule has 10 nitrogen and oxygen atoms in total. The number of amides is 5. The lowest BCUT2D eigenvalue weighted by Gasteiger charge is -2.36. The summed E-state index contributed by atoms with van der Waals surface area (Å²) in [4.78, 5) is 51.1. The summed E-state index contributed by atoms with van der Waals surface area (Å²) >= 11 is 0. The maximum absolute atomic E-state index is 13.9. The van der Waals surface area contributed by atoms with Crippen molar-refractivity contribution in [2.75, 3.05) is 19.8 Å². The van der Waals surface area contributed by atoms with Gasteiger partial charge in [0.15, 0.2) is 5.76 Å². The van der Waals surface area contributed by atoms with E-state index in [-0.39, 0.29) is 30.9 Å². The van der Waals surface area contributed by atoms with Crippen LogP contribution in [0, 0.1) is 11.8 Å². The van der Waals surface area contributed by atoms with Gasteiger partial charge < -0.3 is 9.73 Å². The van der Waals surface area contributed by atoms with Gasteiger partial charge in [-0.15, -0.1) is 0 Å². The van der Waals surface area contributed by atoms with Crippen LogP contribution >= 0.6 is 0 Å². The first-order valence-electron chi connectivity index (χ1n) is 12.7. The van der Waals surface area contributed by atoms with Gasteiger partial charge in [-0.1, -0.05) is 43.9 Å². The maximum atomic E-state index is 13.9. The molecular formula is C26H35N4O6+. The highest BCUT2D eigenvalue weighted by molar-refractivity contribution is 5.96. The highest BCUT2D eigenvalue weighted by Crippen LogP contribution is 2.35. The molecule has 1 unspecified atom stereocenters. The Hall–Kier alpha value is -3.24. The van der Waals surface area contributed by atoms with E-state index in [1.54, 1.807) is 12.1 Å². The van der Waals surface area contributed by atoms with E-state index in [0.717, 1.165) is 31.1 Å². The third-order valence-electron chi connectivity index (χ3n) is 7.75. The maximum Gasteiger partial charge on any atom is 0.425 e. The van der Waals surface area contributed by atoms with Crippen molar-refractivity contribution in [2.24, 2.45) is 11.8 Å². The van der Waals surface area contributed by atoms with Crippen LogP contribution in [0.1, 0.15) is 62.4 Å². The number of hydroxylamine groups is 2. The van der Waals surface area contributed by atoms with Crippen LogP contribution in [0.25, 0.3) is 11.0 Å². The van der Waals surface area contributed by atoms with E-state index in [2.05, 4.69) is 10.6 Å². The highest BCUT2D eigenvalue weighted by atomic mass is 16.5. The van der Waals surface area contributed by atoms with Crippen molar-refractivity contribution in [3.8, 4) is 0 Å². The lowest BCUT2D eigenvalue weighted by atomic mass is 9.91. The predicted octanol–water partition coefficient (Wildman–Crippen LogP) is 3.40. The van der Waals surface area contributed by atoms with Crippen molar-refractivity contribution in [1.29, 1.82) is 0 Å². The van der Waals surface area contributed by atoms with Gasteiger partial charge in [-0.2, -0.15) is 4.48 Å². The second-order valence-corrected chi connectivity index (χ2v) is 10.0. The number of likely N-dealkylation sites (tertiary alicyclic amines) is 1. The molecule has 1 aromatic heterocycles. The van der Waals surface area contributed by atoms with Crippen LogP contribution in [0.4, 0.5) is 4.79 Å². The second-order valence-electron chi connectivity index (χ2n) is 10.0. The molecule has 3 N–H and O–H groups in total. The Morgan fingerprint density at radius 3 is 2.58 bits per heavy atom. The molecule has 1 aliphatic heterocycles. The highest BCUT2D eigenvalue weighted by Gasteiger charge is 2.55. The summed E-state index contributed by atoms with van der Waals surface area (Å²) < 4.78 is 5.17. The van der Waals surface area contributed by atoms with Crippen LogP contribution in [0.3, 0.4) is 0 Å². The lowest BCUT2D eigenvalue weighted by molar-refractivity contribution is -0.787. The van der Waals surface area contributed by atoms with Gasteiger partial charge in [0.2, 0.25) is 6.41 Å². The van der Waals surface area contributed by atoms with E-state index in [1.807, 2.05) is 25.1 Å². The molecule has 4 rings (SSSR count). The van der Waals surface area contributed by atoms with Gasteiger partial charge in [0.1, 0.15) is 11.6 Å². The summed E-state index contributed by atoms with van der Waals surface area (Å²) in [6.07, 6.45) is 6.45. The minimum Gasteiger partial charge on any atom is -0.451 e. The number of nitrogens with one attached hydrogen (secondary N) is 2. The number of carbonyl (C=O) groups is 4. The molecule has 194 valence electrons. The van der Waals surface area contributed by atoms with Gasteiger partial charge >= 0.3 is 11.9 Å². The summed E-state index contributed by atoms with van der Waals surface area (Å²) in [7, 11) is 0. The largest absolute Gasteiger partial charge is 0.451 e. The van der Waals surface area contributed by atoms with Crippen molar-refractivity contribution >= 4 is 35.2 Å². The quantitative estimate of drug-likeness (QED) is 0.159. The summed E-state index contributed by atoms with van der Waals surface area (Å²) in [5.74, 6) is -0.940. The van der Waals surface area contributed by atoms with E-state index in [9.17, 15) is 24.4 Å². The van der Waals surface area contributed by atoms with E-state index in [4.69, 9.17) is 4.42 Å². The van der Waals surface area contributed by atoms with Gasteiger partial charge in [0, 0.05) is 18.2 Å². The van der Waals surface area contributed by atoms with Crippen LogP contribution in [-0.2, 0) is 9.59 Å². The monoisotopic (exact) mass is 499 g/mol. The van der Waals surface area contributed by atoms with Crippen molar-refractivity contribution in [3.05, 3.63) is 36.1 Å². The van der Waals surface area contributed by atoms with Crippen LogP contribution < -0.4 is 10.6 Å². The number of quaternary nitrogens is 1. The van der Waals surface area contributed by atoms with Gasteiger partial charge in [-0.3, -0.25) is 20.1 Å². The Labute approximate surface area is 210 Å². The number of furan rings is 1. The molecule has 2 aliphatic rings. The van der Waals surface area contributed by atoms with Gasteiger partial charge in [-0.25, -0.2) is 14.7 Å². The molecule has 5 amide bonds. The summed E-state index contributed by atoms with van der Waals surface area (Å²) in [6, 6.07) is 8.17. The molecule has 10 heteroatoms. The first kappa shape index (κ1) is 25.8. The number of carbonyl (C=O) groups excluding carboxylic acids is 4. The Bertz CT molecular complexity index is 1080. The number of urea groups is 1. The number of para-hydroxylation sites is 1. The van der Waals surface area contributed by atoms with E-state index < -0.39 is 22.3 Å². The molecule has 0 radical (unpaired) electrons. The van der Waals surface area contributed by atoms with Crippen molar-refractivity contribution in [1.82, 2.24) is 15.7 Å². The third kappa shape index (κ3) is 5.29. The molecule has 2 aromatic rings. The second kappa shape index (κ2) is 11.2. The minimum atomic E-state index is -0.653. The zero-order chi connectivity index (χ0) is 25.7. The number of hydrogen-bond acceptors (Lipinski definition) is 6. The number of fused-ring (bicyclic) bond motifs is 1. The first-order chi connectivity index (χ1) is 17.3. The molecule has 0 spiro atoms. The summed E-state index contributed by atoms with van der Waals surface area (Å²) in [5.41, 5.74) is 0.592. The minimum absolute atomic E-state index is 0.133. The zero-order valence-corrected chi connectivity index (χ0v) is 20.7. The summed E-state index contributed by atoms with van der Waals surface area (Å²) in [6.45, 7) is 1.92. The number of imide groups is 1. The fraction of sp³-hybridized carbons (Fsp3) is 0.538. The Balaban J connectivity index is 1.45. The fourth-order valence-electron chi connectivity index (χ4n) is 5.82. The van der Waals surface area contributed by atoms with Crippen LogP contribution in [0.2, 0.25) is 0 Å². The van der Waals surface area contributed by atoms with E-state index in [1.165, 1.54) is 0 Å². The molecule has 2 heterocycles. The smallest absolute Gasteiger partial charge is 0.425 e. The molecule has 1 saturated carbocycles. The number of benzene rings is 1. The predicted molar refractivity (Wildman–Crippen MR) is 131 cm³/mol. The van der Waals surface area contributed by atoms with Crippen LogP contribution in [-0.4, -0.2) is 64.8 Å². The molecule has 3 atom stereocenters. The molecular weight excluding hydrogens is 464 g/mol. The lowest BCUT2D eigenvalue weighted by Crippen LogP contribution is -2.65. The standard InChI is InChI=1S/C26H34N4O6/c1-18-7-6-12-30(18,25(33)21(15-29(35)17-31)13-19-8-2-3-9-19)26(34)28-16-27-24(32)23-14-20-10-4-5-11-22(20)36-23/h4-5,10-11,14,17-19,21,35H,2-3,6-9,12-13,15-16H2,1H3,(H-,27,28,32,34)/p+1/t18-,21-,30?/m1/s1. The normalized spacial score (nSPS) is 22.9. The average molecular weight is 500 g/mol. The van der Waals surface area contributed by atoms with Crippen molar-refractivity contribution in [3.63, 3.8) is 0 Å². The molecule has 2 fully saturated rings. The van der Waals surface area contributed by atoms with Crippen LogP contribution in [0.15, 0.2) is 34.7 Å². The van der Waals surface area contributed by atoms with E-state index >= 15 is 0 Å². The molecule has 0 bridgehead atoms. The number of nitrogens with zero attached hydrogens (tertiary/aromatic N) is 2. The zero-order valence-electron chi connectivity index (χ0n) is 20.7. The van der Waals surface area contributed by atoms with Gasteiger partial charge in [0.25, 0.3) is 5.91 Å². The molecule has 1 aliphatic carbocycles.